The molecule has 0 N–H and O–H groups in total. The van der Waals surface area contributed by atoms with E-state index in [1.54, 1.807) is 10.9 Å². The zero-order valence-corrected chi connectivity index (χ0v) is 10.2. The van der Waals surface area contributed by atoms with Crippen LogP contribution in [-0.2, 0) is 0 Å². The number of nitrogens with zero attached hydrogens (tertiary/aromatic N) is 4. The Morgan fingerprint density at radius 1 is 1.16 bits per heavy atom. The molecule has 0 radical (unpaired) electrons. The second-order valence-electron chi connectivity index (χ2n) is 4.74. The lowest BCUT2D eigenvalue weighted by Gasteiger charge is -1.93. The van der Waals surface area contributed by atoms with Crippen LogP contribution in [0.5, 0.6) is 0 Å². The maximum atomic E-state index is 5.26. The van der Waals surface area contributed by atoms with Crippen molar-refractivity contribution in [2.45, 2.75) is 18.8 Å². The fraction of sp³-hybridized carbons (Fsp3) is 0.214. The number of rotatable bonds is 3. The molecule has 1 aromatic carbocycles. The molecule has 0 atom stereocenters. The van der Waals surface area contributed by atoms with Crippen LogP contribution in [0.1, 0.15) is 24.6 Å². The van der Waals surface area contributed by atoms with Crippen LogP contribution in [0.15, 0.2) is 47.4 Å². The minimum absolute atomic E-state index is 0.483. The number of hydrogen-bond acceptors (Lipinski definition) is 4. The van der Waals surface area contributed by atoms with Gasteiger partial charge in [-0.15, -0.1) is 0 Å². The van der Waals surface area contributed by atoms with Crippen molar-refractivity contribution in [2.75, 3.05) is 0 Å². The van der Waals surface area contributed by atoms with E-state index in [1.807, 2.05) is 36.5 Å². The molecular formula is C14H12N4O. The van der Waals surface area contributed by atoms with Gasteiger partial charge in [0, 0.05) is 17.7 Å². The SMILES string of the molecule is c1ccc(-c2cn(-c3nc(C4CC4)no3)cn2)cc1. The van der Waals surface area contributed by atoms with Crippen molar-refractivity contribution in [3.05, 3.63) is 48.7 Å². The van der Waals surface area contributed by atoms with E-state index in [2.05, 4.69) is 15.1 Å². The topological polar surface area (TPSA) is 56.7 Å². The number of imidazole rings is 1. The van der Waals surface area contributed by atoms with Gasteiger partial charge in [-0.3, -0.25) is 4.57 Å². The van der Waals surface area contributed by atoms with Crippen LogP contribution in [0.2, 0.25) is 0 Å². The van der Waals surface area contributed by atoms with Crippen molar-refractivity contribution >= 4 is 0 Å². The summed E-state index contributed by atoms with van der Waals surface area (Å²) in [5.41, 5.74) is 1.97. The maximum absolute atomic E-state index is 5.26. The largest absolute Gasteiger partial charge is 0.333 e. The van der Waals surface area contributed by atoms with E-state index in [9.17, 15) is 0 Å². The molecule has 2 heterocycles. The summed E-state index contributed by atoms with van der Waals surface area (Å²) in [6.45, 7) is 0. The second kappa shape index (κ2) is 4.05. The Morgan fingerprint density at radius 2 is 2.00 bits per heavy atom. The summed E-state index contributed by atoms with van der Waals surface area (Å²) in [7, 11) is 0. The predicted molar refractivity (Wildman–Crippen MR) is 68.8 cm³/mol. The molecule has 2 aromatic heterocycles. The Hall–Kier alpha value is -2.43. The van der Waals surface area contributed by atoms with Gasteiger partial charge in [-0.2, -0.15) is 4.98 Å². The molecule has 4 rings (SSSR count). The van der Waals surface area contributed by atoms with Crippen molar-refractivity contribution in [1.82, 2.24) is 19.7 Å². The summed E-state index contributed by atoms with van der Waals surface area (Å²) in [6.07, 6.45) is 5.93. The Kier molecular flexibility index (Phi) is 2.24. The molecule has 3 aromatic rings. The van der Waals surface area contributed by atoms with Crippen LogP contribution in [-0.4, -0.2) is 19.7 Å². The van der Waals surface area contributed by atoms with Gasteiger partial charge >= 0.3 is 6.01 Å². The lowest BCUT2D eigenvalue weighted by molar-refractivity contribution is 0.396. The van der Waals surface area contributed by atoms with E-state index in [4.69, 9.17) is 4.52 Å². The number of benzene rings is 1. The minimum Gasteiger partial charge on any atom is -0.314 e. The van der Waals surface area contributed by atoms with E-state index >= 15 is 0 Å². The Bertz CT molecular complexity index is 697. The highest BCUT2D eigenvalue weighted by Crippen LogP contribution is 2.38. The number of aromatic nitrogens is 4. The van der Waals surface area contributed by atoms with E-state index in [1.165, 1.54) is 0 Å². The summed E-state index contributed by atoms with van der Waals surface area (Å²) < 4.78 is 7.03. The predicted octanol–water partition coefficient (Wildman–Crippen LogP) is 2.80. The van der Waals surface area contributed by atoms with Gasteiger partial charge < -0.3 is 4.52 Å². The van der Waals surface area contributed by atoms with Gasteiger partial charge in [0.1, 0.15) is 6.33 Å². The van der Waals surface area contributed by atoms with Crippen molar-refractivity contribution in [2.24, 2.45) is 0 Å². The first-order valence-electron chi connectivity index (χ1n) is 6.33. The van der Waals surface area contributed by atoms with E-state index in [0.717, 1.165) is 29.9 Å². The minimum atomic E-state index is 0.483. The van der Waals surface area contributed by atoms with Crippen LogP contribution >= 0.6 is 0 Å². The Labute approximate surface area is 109 Å². The van der Waals surface area contributed by atoms with Crippen LogP contribution in [0, 0.1) is 0 Å². The van der Waals surface area contributed by atoms with Crippen LogP contribution in [0.3, 0.4) is 0 Å². The monoisotopic (exact) mass is 252 g/mol. The molecule has 0 amide bonds. The normalized spacial score (nSPS) is 14.7. The molecule has 5 nitrogen and oxygen atoms in total. The average molecular weight is 252 g/mol. The molecule has 94 valence electrons. The smallest absolute Gasteiger partial charge is 0.314 e. The van der Waals surface area contributed by atoms with E-state index in [0.29, 0.717) is 11.9 Å². The summed E-state index contributed by atoms with van der Waals surface area (Å²) in [6, 6.07) is 10.5. The third-order valence-corrected chi connectivity index (χ3v) is 3.25. The third-order valence-electron chi connectivity index (χ3n) is 3.25. The zero-order valence-electron chi connectivity index (χ0n) is 10.2. The number of hydrogen-bond donors (Lipinski definition) is 0. The molecule has 0 aliphatic heterocycles. The summed E-state index contributed by atoms with van der Waals surface area (Å²) in [5.74, 6) is 1.31. The van der Waals surface area contributed by atoms with Gasteiger partial charge in [-0.1, -0.05) is 35.5 Å². The van der Waals surface area contributed by atoms with Crippen molar-refractivity contribution in [3.8, 4) is 17.3 Å². The molecule has 19 heavy (non-hydrogen) atoms. The van der Waals surface area contributed by atoms with Crippen molar-refractivity contribution < 1.29 is 4.52 Å². The summed E-state index contributed by atoms with van der Waals surface area (Å²) in [5, 5.41) is 4.00. The van der Waals surface area contributed by atoms with Crippen LogP contribution in [0.4, 0.5) is 0 Å². The molecule has 1 aliphatic rings. The summed E-state index contributed by atoms with van der Waals surface area (Å²) in [4.78, 5) is 8.76. The highest BCUT2D eigenvalue weighted by molar-refractivity contribution is 5.58. The van der Waals surface area contributed by atoms with E-state index < -0.39 is 0 Å². The molecule has 0 unspecified atom stereocenters. The van der Waals surface area contributed by atoms with Crippen LogP contribution < -0.4 is 0 Å². The highest BCUT2D eigenvalue weighted by atomic mass is 16.5. The second-order valence-corrected chi connectivity index (χ2v) is 4.74. The fourth-order valence-electron chi connectivity index (χ4n) is 2.02. The van der Waals surface area contributed by atoms with Crippen LogP contribution in [0.25, 0.3) is 17.3 Å². The summed E-state index contributed by atoms with van der Waals surface area (Å²) >= 11 is 0. The van der Waals surface area contributed by atoms with E-state index in [-0.39, 0.29) is 0 Å². The molecular weight excluding hydrogens is 240 g/mol. The molecule has 5 heteroatoms. The highest BCUT2D eigenvalue weighted by Gasteiger charge is 2.29. The van der Waals surface area contributed by atoms with Gasteiger partial charge in [0.2, 0.25) is 0 Å². The van der Waals surface area contributed by atoms with Gasteiger partial charge in [0.25, 0.3) is 0 Å². The first kappa shape index (κ1) is 10.5. The van der Waals surface area contributed by atoms with Gasteiger partial charge in [-0.05, 0) is 12.8 Å². The van der Waals surface area contributed by atoms with Gasteiger partial charge in [0.15, 0.2) is 5.82 Å². The first-order chi connectivity index (χ1) is 9.40. The Morgan fingerprint density at radius 3 is 2.79 bits per heavy atom. The fourth-order valence-corrected chi connectivity index (χ4v) is 2.02. The molecule has 0 saturated heterocycles. The van der Waals surface area contributed by atoms with Crippen molar-refractivity contribution in [3.63, 3.8) is 0 Å². The zero-order chi connectivity index (χ0) is 12.7. The average Bonchev–Trinajstić information content (AvgIpc) is 3.01. The molecule has 1 aliphatic carbocycles. The standard InChI is InChI=1S/C14H12N4O/c1-2-4-10(5-3-1)12-8-18(9-15-12)14-16-13(17-19-14)11-6-7-11/h1-5,8-9,11H,6-7H2. The maximum Gasteiger partial charge on any atom is 0.333 e. The van der Waals surface area contributed by atoms with Gasteiger partial charge in [0.05, 0.1) is 5.69 Å². The Balaban J connectivity index is 1.66. The quantitative estimate of drug-likeness (QED) is 0.719. The van der Waals surface area contributed by atoms with Crippen molar-refractivity contribution in [1.29, 1.82) is 0 Å². The molecule has 0 bridgehead atoms. The lowest BCUT2D eigenvalue weighted by Crippen LogP contribution is -1.90. The molecule has 1 saturated carbocycles. The molecule has 1 fully saturated rings. The van der Waals surface area contributed by atoms with Gasteiger partial charge in [-0.25, -0.2) is 4.98 Å². The third kappa shape index (κ3) is 1.93. The first-order valence-corrected chi connectivity index (χ1v) is 6.33. The molecule has 0 spiro atoms. The lowest BCUT2D eigenvalue weighted by atomic mass is 10.2.